The van der Waals surface area contributed by atoms with Crippen molar-refractivity contribution in [3.8, 4) is 0 Å². The number of nitro benzene ring substituents is 1. The zero-order valence-corrected chi connectivity index (χ0v) is 10.5. The number of hydrogen-bond acceptors (Lipinski definition) is 4. The fourth-order valence-electron chi connectivity index (χ4n) is 1.47. The third-order valence-corrected chi connectivity index (χ3v) is 2.53. The second-order valence-corrected chi connectivity index (χ2v) is 4.20. The lowest BCUT2D eigenvalue weighted by molar-refractivity contribution is -0.385. The van der Waals surface area contributed by atoms with E-state index >= 15 is 0 Å². The van der Waals surface area contributed by atoms with Crippen LogP contribution in [0.25, 0.3) is 0 Å². The number of benzene rings is 1. The molecule has 5 nitrogen and oxygen atoms in total. The Morgan fingerprint density at radius 3 is 2.88 bits per heavy atom. The molecule has 94 valence electrons. The second-order valence-electron chi connectivity index (χ2n) is 3.77. The smallest absolute Gasteiger partial charge is 0.273 e. The lowest BCUT2D eigenvalue weighted by atomic mass is 10.1. The van der Waals surface area contributed by atoms with E-state index in [0.29, 0.717) is 23.7 Å². The summed E-state index contributed by atoms with van der Waals surface area (Å²) in [7, 11) is 1.61. The van der Waals surface area contributed by atoms with Crippen molar-refractivity contribution in [2.45, 2.75) is 19.5 Å². The molecule has 6 heteroatoms. The van der Waals surface area contributed by atoms with Crippen LogP contribution in [0, 0.1) is 10.1 Å². The molecule has 1 aromatic carbocycles. The quantitative estimate of drug-likeness (QED) is 0.628. The maximum absolute atomic E-state index is 10.8. The Kier molecular flexibility index (Phi) is 5.34. The molecule has 1 rings (SSSR count). The third-order valence-electron chi connectivity index (χ3n) is 2.30. The van der Waals surface area contributed by atoms with Crippen LogP contribution < -0.4 is 5.32 Å². The maximum Gasteiger partial charge on any atom is 0.273 e. The lowest BCUT2D eigenvalue weighted by Gasteiger charge is -2.12. The Morgan fingerprint density at radius 2 is 2.29 bits per heavy atom. The molecule has 1 N–H and O–H groups in total. The molecular formula is C11H15ClN2O3. The summed E-state index contributed by atoms with van der Waals surface area (Å²) >= 11 is 5.82. The summed E-state index contributed by atoms with van der Waals surface area (Å²) in [5, 5.41) is 14.4. The zero-order chi connectivity index (χ0) is 12.8. The molecular weight excluding hydrogens is 244 g/mol. The Hall–Kier alpha value is -1.17. The summed E-state index contributed by atoms with van der Waals surface area (Å²) in [6.07, 6.45) is 0. The van der Waals surface area contributed by atoms with Crippen LogP contribution in [0.15, 0.2) is 18.2 Å². The minimum absolute atomic E-state index is 0.0755. The van der Waals surface area contributed by atoms with E-state index in [4.69, 9.17) is 16.3 Å². The molecule has 0 bridgehead atoms. The van der Waals surface area contributed by atoms with E-state index < -0.39 is 4.92 Å². The molecule has 0 aliphatic heterocycles. The minimum atomic E-state index is -0.408. The van der Waals surface area contributed by atoms with Gasteiger partial charge in [-0.2, -0.15) is 0 Å². The number of halogens is 1. The van der Waals surface area contributed by atoms with Gasteiger partial charge >= 0.3 is 0 Å². The van der Waals surface area contributed by atoms with Crippen LogP contribution in [-0.4, -0.2) is 24.7 Å². The van der Waals surface area contributed by atoms with Crippen LogP contribution in [0.3, 0.4) is 0 Å². The summed E-state index contributed by atoms with van der Waals surface area (Å²) in [6, 6.07) is 4.66. The Balaban J connectivity index is 2.75. The van der Waals surface area contributed by atoms with Gasteiger partial charge in [0.15, 0.2) is 0 Å². The molecule has 0 aliphatic carbocycles. The van der Waals surface area contributed by atoms with Crippen LogP contribution in [0.2, 0.25) is 5.02 Å². The highest BCUT2D eigenvalue weighted by molar-refractivity contribution is 6.30. The average molecular weight is 259 g/mol. The van der Waals surface area contributed by atoms with Gasteiger partial charge in [-0.05, 0) is 19.1 Å². The predicted octanol–water partition coefficient (Wildman–Crippen LogP) is 2.37. The minimum Gasteiger partial charge on any atom is -0.383 e. The molecule has 1 aromatic rings. The molecule has 1 unspecified atom stereocenters. The molecule has 0 aliphatic rings. The SMILES string of the molecule is COCC(C)NCc1cc(Cl)ccc1[N+](=O)[O-]. The first-order chi connectivity index (χ1) is 8.04. The van der Waals surface area contributed by atoms with Gasteiger partial charge < -0.3 is 10.1 Å². The number of methoxy groups -OCH3 is 1. The van der Waals surface area contributed by atoms with Crippen LogP contribution in [-0.2, 0) is 11.3 Å². The van der Waals surface area contributed by atoms with Gasteiger partial charge in [0.05, 0.1) is 11.5 Å². The van der Waals surface area contributed by atoms with Gasteiger partial charge in [-0.3, -0.25) is 10.1 Å². The van der Waals surface area contributed by atoms with Crippen molar-refractivity contribution in [1.82, 2.24) is 5.32 Å². The van der Waals surface area contributed by atoms with Crippen molar-refractivity contribution < 1.29 is 9.66 Å². The third kappa shape index (κ3) is 4.30. The first-order valence-corrected chi connectivity index (χ1v) is 5.57. The van der Waals surface area contributed by atoms with Crippen LogP contribution in [0.1, 0.15) is 12.5 Å². The normalized spacial score (nSPS) is 12.4. The molecule has 0 saturated carbocycles. The van der Waals surface area contributed by atoms with Crippen molar-refractivity contribution in [3.63, 3.8) is 0 Å². The molecule has 0 heterocycles. The number of nitrogens with one attached hydrogen (secondary N) is 1. The first-order valence-electron chi connectivity index (χ1n) is 5.19. The van der Waals surface area contributed by atoms with E-state index in [2.05, 4.69) is 5.32 Å². The molecule has 0 saturated heterocycles. The van der Waals surface area contributed by atoms with E-state index in [1.807, 2.05) is 6.92 Å². The van der Waals surface area contributed by atoms with Crippen molar-refractivity contribution in [2.75, 3.05) is 13.7 Å². The lowest BCUT2D eigenvalue weighted by Crippen LogP contribution is -2.29. The summed E-state index contributed by atoms with van der Waals surface area (Å²) in [6.45, 7) is 2.88. The van der Waals surface area contributed by atoms with Crippen LogP contribution in [0.5, 0.6) is 0 Å². The topological polar surface area (TPSA) is 64.4 Å². The highest BCUT2D eigenvalue weighted by Gasteiger charge is 2.14. The first kappa shape index (κ1) is 13.9. The molecule has 0 amide bonds. The van der Waals surface area contributed by atoms with Gasteiger partial charge in [-0.15, -0.1) is 0 Å². The number of ether oxygens (including phenoxy) is 1. The predicted molar refractivity (Wildman–Crippen MR) is 66.3 cm³/mol. The maximum atomic E-state index is 10.8. The molecule has 17 heavy (non-hydrogen) atoms. The monoisotopic (exact) mass is 258 g/mol. The van der Waals surface area contributed by atoms with Crippen molar-refractivity contribution >= 4 is 17.3 Å². The van der Waals surface area contributed by atoms with Crippen LogP contribution in [0.4, 0.5) is 5.69 Å². The fraction of sp³-hybridized carbons (Fsp3) is 0.455. The molecule has 1 atom stereocenters. The van der Waals surface area contributed by atoms with Crippen molar-refractivity contribution in [2.24, 2.45) is 0 Å². The highest BCUT2D eigenvalue weighted by atomic mass is 35.5. The molecule has 0 aromatic heterocycles. The second kappa shape index (κ2) is 6.54. The summed E-state index contributed by atoms with van der Waals surface area (Å²) in [5.41, 5.74) is 0.650. The van der Waals surface area contributed by atoms with Gasteiger partial charge in [-0.1, -0.05) is 11.6 Å². The van der Waals surface area contributed by atoms with Gasteiger partial charge in [0.25, 0.3) is 5.69 Å². The van der Waals surface area contributed by atoms with E-state index in [1.165, 1.54) is 12.1 Å². The molecule has 0 radical (unpaired) electrons. The average Bonchev–Trinajstić information content (AvgIpc) is 2.26. The zero-order valence-electron chi connectivity index (χ0n) is 9.77. The van der Waals surface area contributed by atoms with Gasteiger partial charge in [-0.25, -0.2) is 0 Å². The highest BCUT2D eigenvalue weighted by Crippen LogP contribution is 2.22. The van der Waals surface area contributed by atoms with Gasteiger partial charge in [0, 0.05) is 36.3 Å². The van der Waals surface area contributed by atoms with Crippen molar-refractivity contribution in [3.05, 3.63) is 38.9 Å². The van der Waals surface area contributed by atoms with E-state index in [1.54, 1.807) is 13.2 Å². The van der Waals surface area contributed by atoms with E-state index in [0.717, 1.165) is 0 Å². The number of nitro groups is 1. The molecule has 0 fully saturated rings. The number of rotatable bonds is 6. The summed E-state index contributed by atoms with van der Waals surface area (Å²) in [5.74, 6) is 0. The van der Waals surface area contributed by atoms with Crippen molar-refractivity contribution in [1.29, 1.82) is 0 Å². The Labute approximate surface area is 105 Å². The number of nitrogens with zero attached hydrogens (tertiary/aromatic N) is 1. The number of hydrogen-bond donors (Lipinski definition) is 1. The fourth-order valence-corrected chi connectivity index (χ4v) is 1.66. The summed E-state index contributed by atoms with van der Waals surface area (Å²) < 4.78 is 4.97. The molecule has 0 spiro atoms. The van der Waals surface area contributed by atoms with Crippen LogP contribution >= 0.6 is 11.6 Å². The standard InChI is InChI=1S/C11H15ClN2O3/c1-8(7-17-2)13-6-9-5-10(12)3-4-11(9)14(15)16/h3-5,8,13H,6-7H2,1-2H3. The largest absolute Gasteiger partial charge is 0.383 e. The van der Waals surface area contributed by atoms with E-state index in [-0.39, 0.29) is 11.7 Å². The van der Waals surface area contributed by atoms with E-state index in [9.17, 15) is 10.1 Å². The van der Waals surface area contributed by atoms with Gasteiger partial charge in [0.1, 0.15) is 0 Å². The summed E-state index contributed by atoms with van der Waals surface area (Å²) in [4.78, 5) is 10.4. The Morgan fingerprint density at radius 1 is 1.59 bits per heavy atom. The Bertz CT molecular complexity index is 398. The van der Waals surface area contributed by atoms with Gasteiger partial charge in [0.2, 0.25) is 0 Å².